The van der Waals surface area contributed by atoms with E-state index in [0.717, 1.165) is 24.0 Å². The molecule has 12 heteroatoms. The van der Waals surface area contributed by atoms with E-state index in [2.05, 4.69) is 6.08 Å². The first-order chi connectivity index (χ1) is 25.2. The van der Waals surface area contributed by atoms with Crippen molar-refractivity contribution in [3.8, 4) is 17.2 Å². The number of rotatable bonds is 13. The van der Waals surface area contributed by atoms with Crippen LogP contribution in [0.15, 0.2) is 52.7 Å². The minimum absolute atomic E-state index is 0.0299. The van der Waals surface area contributed by atoms with Crippen molar-refractivity contribution in [2.45, 2.75) is 130 Å². The molecule has 0 amide bonds. The molecular weight excluding hydrogens is 711 g/mol. The summed E-state index contributed by atoms with van der Waals surface area (Å²) < 4.78 is 44.4. The second-order valence-corrected chi connectivity index (χ2v) is 17.7. The molecule has 3 heterocycles. The number of Topliss-reactive ketones (excluding diaryl/α,β-unsaturated/α-hetero) is 2. The number of esters is 1. The monoisotopic (exact) mass is 764 g/mol. The van der Waals surface area contributed by atoms with Crippen LogP contribution < -0.4 is 14.0 Å². The molecule has 1 saturated carbocycles. The van der Waals surface area contributed by atoms with Gasteiger partial charge in [0.25, 0.3) is 0 Å². The predicted octanol–water partition coefficient (Wildman–Crippen LogP) is 8.26. The molecule has 5 atom stereocenters. The normalized spacial score (nSPS) is 28.6. The lowest BCUT2D eigenvalue weighted by atomic mass is 9.51. The van der Waals surface area contributed by atoms with Gasteiger partial charge in [0.05, 0.1) is 17.8 Å². The smallest absolute Gasteiger partial charge is 0.482 e. The van der Waals surface area contributed by atoms with E-state index < -0.39 is 53.8 Å². The Bertz CT molecular complexity index is 1990. The first-order valence-electron chi connectivity index (χ1n) is 18.9. The van der Waals surface area contributed by atoms with Crippen LogP contribution in [-0.2, 0) is 30.0 Å². The molecule has 6 aliphatic rings. The number of carbonyl (C=O) groups is 3. The van der Waals surface area contributed by atoms with Crippen LogP contribution >= 0.6 is 7.82 Å². The van der Waals surface area contributed by atoms with Crippen LogP contribution in [0.2, 0.25) is 0 Å². The summed E-state index contributed by atoms with van der Waals surface area (Å²) in [6.07, 6.45) is 14.3. The van der Waals surface area contributed by atoms with Crippen molar-refractivity contribution >= 4 is 31.4 Å². The molecule has 3 aliphatic heterocycles. The third-order valence-corrected chi connectivity index (χ3v) is 11.8. The Hall–Kier alpha value is -3.76. The fourth-order valence-electron chi connectivity index (χ4n) is 8.79. The van der Waals surface area contributed by atoms with Crippen LogP contribution in [0.1, 0.15) is 122 Å². The van der Waals surface area contributed by atoms with Gasteiger partial charge in [-0.1, -0.05) is 48.8 Å². The molecule has 2 fully saturated rings. The summed E-state index contributed by atoms with van der Waals surface area (Å²) in [5.41, 5.74) is -1.96. The zero-order chi connectivity index (χ0) is 39.6. The molecule has 2 N–H and O–H groups in total. The van der Waals surface area contributed by atoms with Gasteiger partial charge < -0.3 is 23.5 Å². The molecule has 1 spiro atoms. The first-order valence-corrected chi connectivity index (χ1v) is 20.4. The van der Waals surface area contributed by atoms with Crippen molar-refractivity contribution < 1.29 is 52.2 Å². The van der Waals surface area contributed by atoms with Gasteiger partial charge in [-0.15, -0.1) is 0 Å². The zero-order valence-electron chi connectivity index (χ0n) is 32.8. The lowest BCUT2D eigenvalue weighted by Crippen LogP contribution is -2.72. The number of phosphoric acid groups is 1. The SMILES string of the molecule is CCCCOC(=O)/C(C)=C\CC12OC(C)(C)C3CC(C=C4C(=O)c5c(OP(=O)(O)O)c6c(c(CC=C(C)C)c5OC431)OC(C)(CCC=C(C)C)C=C6)C2=O. The van der Waals surface area contributed by atoms with Crippen molar-refractivity contribution in [3.05, 3.63) is 69.4 Å². The summed E-state index contributed by atoms with van der Waals surface area (Å²) in [5, 5.41) is 0. The Morgan fingerprint density at radius 2 is 1.72 bits per heavy atom. The van der Waals surface area contributed by atoms with E-state index in [9.17, 15) is 23.9 Å². The van der Waals surface area contributed by atoms with Crippen molar-refractivity contribution in [2.75, 3.05) is 6.61 Å². The number of fused-ring (bicyclic) bond motifs is 2. The summed E-state index contributed by atoms with van der Waals surface area (Å²) in [5.74, 6) is -2.55. The largest absolute Gasteiger partial charge is 0.524 e. The highest BCUT2D eigenvalue weighted by molar-refractivity contribution is 7.46. The second kappa shape index (κ2) is 14.1. The molecule has 4 bridgehead atoms. The molecule has 7 rings (SSSR count). The molecule has 292 valence electrons. The topological polar surface area (TPSA) is 155 Å². The Morgan fingerprint density at radius 1 is 1.02 bits per heavy atom. The summed E-state index contributed by atoms with van der Waals surface area (Å²) in [6, 6.07) is 0. The van der Waals surface area contributed by atoms with E-state index in [1.165, 1.54) is 0 Å². The van der Waals surface area contributed by atoms with Gasteiger partial charge >= 0.3 is 13.8 Å². The van der Waals surface area contributed by atoms with Crippen LogP contribution in [0.25, 0.3) is 6.08 Å². The van der Waals surface area contributed by atoms with Gasteiger partial charge in [0.1, 0.15) is 22.7 Å². The molecule has 1 aromatic rings. The third kappa shape index (κ3) is 6.65. The maximum Gasteiger partial charge on any atom is 0.524 e. The van der Waals surface area contributed by atoms with Crippen LogP contribution in [0.3, 0.4) is 0 Å². The van der Waals surface area contributed by atoms with Crippen LogP contribution in [-0.4, -0.2) is 56.3 Å². The Balaban J connectivity index is 1.59. The van der Waals surface area contributed by atoms with Crippen molar-refractivity contribution in [1.82, 2.24) is 0 Å². The van der Waals surface area contributed by atoms with Crippen molar-refractivity contribution in [1.29, 1.82) is 0 Å². The second-order valence-electron chi connectivity index (χ2n) is 16.5. The molecular formula is C42H53O11P. The van der Waals surface area contributed by atoms with Gasteiger partial charge in [-0.3, -0.25) is 19.4 Å². The molecule has 1 aromatic carbocycles. The number of phosphoric ester groups is 1. The van der Waals surface area contributed by atoms with E-state index in [4.69, 9.17) is 23.5 Å². The lowest BCUT2D eigenvalue weighted by Gasteiger charge is -2.56. The minimum Gasteiger partial charge on any atom is -0.482 e. The number of hydrogen-bond acceptors (Lipinski definition) is 9. The van der Waals surface area contributed by atoms with Gasteiger partial charge in [0, 0.05) is 35.0 Å². The quantitative estimate of drug-likeness (QED) is 0.0656. The number of allylic oxidation sites excluding steroid dienone is 5. The van der Waals surface area contributed by atoms with Crippen molar-refractivity contribution in [3.63, 3.8) is 0 Å². The molecule has 0 radical (unpaired) electrons. The highest BCUT2D eigenvalue weighted by Crippen LogP contribution is 2.69. The van der Waals surface area contributed by atoms with Gasteiger partial charge in [-0.05, 0) is 99.6 Å². The van der Waals surface area contributed by atoms with Gasteiger partial charge in [0.2, 0.25) is 0 Å². The maximum absolute atomic E-state index is 15.2. The molecule has 5 unspecified atom stereocenters. The standard InChI is InChI=1S/C42H53O11P/c1-10-11-21-49-38(45)26(6)16-20-41-37(44)27-22-30-33(43)32-35(51-42(30,41)31(23-27)39(7,8)53-41)28(15-14-25(4)5)34-29(36(32)52-54(46,47)48)17-19-40(9,50-34)18-12-13-24(2)3/h13-14,16-17,19,22,27,31H,10-12,15,18,20-21,23H2,1-9H3,(H2,46,47,48)/b26-16-. The van der Waals surface area contributed by atoms with Gasteiger partial charge in [-0.2, -0.15) is 0 Å². The number of benzene rings is 1. The Kier molecular flexibility index (Phi) is 10.4. The number of unbranched alkanes of at least 4 members (excludes halogenated alkanes) is 1. The molecule has 3 aliphatic carbocycles. The number of ether oxygens (including phenoxy) is 4. The lowest BCUT2D eigenvalue weighted by molar-refractivity contribution is -0.171. The van der Waals surface area contributed by atoms with E-state index in [1.807, 2.05) is 67.5 Å². The Labute approximate surface area is 317 Å². The number of hydrogen-bond donors (Lipinski definition) is 2. The Morgan fingerprint density at radius 3 is 2.37 bits per heavy atom. The summed E-state index contributed by atoms with van der Waals surface area (Å²) in [4.78, 5) is 63.2. The minimum atomic E-state index is -5.23. The average Bonchev–Trinajstić information content (AvgIpc) is 3.22. The maximum atomic E-state index is 15.2. The van der Waals surface area contributed by atoms with Crippen LogP contribution in [0, 0.1) is 11.8 Å². The summed E-state index contributed by atoms with van der Waals surface area (Å²) in [7, 11) is -5.23. The highest BCUT2D eigenvalue weighted by Gasteiger charge is 2.81. The van der Waals surface area contributed by atoms with Crippen LogP contribution in [0.4, 0.5) is 0 Å². The highest BCUT2D eigenvalue weighted by atomic mass is 31.2. The van der Waals surface area contributed by atoms with Crippen molar-refractivity contribution in [2.24, 2.45) is 11.8 Å². The number of carbonyl (C=O) groups excluding carboxylic acids is 3. The molecule has 1 saturated heterocycles. The average molecular weight is 765 g/mol. The van der Waals surface area contributed by atoms with E-state index in [-0.39, 0.29) is 59.2 Å². The summed E-state index contributed by atoms with van der Waals surface area (Å²) >= 11 is 0. The fourth-order valence-corrected chi connectivity index (χ4v) is 9.22. The van der Waals surface area contributed by atoms with E-state index in [1.54, 1.807) is 25.2 Å². The summed E-state index contributed by atoms with van der Waals surface area (Å²) in [6.45, 7) is 17.5. The van der Waals surface area contributed by atoms with E-state index >= 15 is 4.79 Å². The fraction of sp³-hybridized carbons (Fsp3) is 0.548. The number of ketones is 2. The van der Waals surface area contributed by atoms with Crippen LogP contribution in [0.5, 0.6) is 17.2 Å². The molecule has 54 heavy (non-hydrogen) atoms. The van der Waals surface area contributed by atoms with Gasteiger partial charge in [-0.25, -0.2) is 9.36 Å². The van der Waals surface area contributed by atoms with E-state index in [0.29, 0.717) is 30.4 Å². The van der Waals surface area contributed by atoms with Gasteiger partial charge in [0.15, 0.2) is 28.5 Å². The first kappa shape index (κ1) is 39.9. The molecule has 11 nitrogen and oxygen atoms in total. The predicted molar refractivity (Wildman–Crippen MR) is 203 cm³/mol. The molecule has 0 aromatic heterocycles. The third-order valence-electron chi connectivity index (χ3n) is 11.4. The zero-order valence-corrected chi connectivity index (χ0v) is 33.7.